The molecule has 0 radical (unpaired) electrons. The summed E-state index contributed by atoms with van der Waals surface area (Å²) in [5, 5.41) is 0. The molecule has 2 unspecified atom stereocenters. The molecule has 1 heterocycles. The number of rotatable bonds is 3. The maximum atomic E-state index is 11.5. The zero-order chi connectivity index (χ0) is 11.5. The summed E-state index contributed by atoms with van der Waals surface area (Å²) in [7, 11) is 2.02. The Balaban J connectivity index is 2.10. The Hall–Kier alpha value is -1.51. The summed E-state index contributed by atoms with van der Waals surface area (Å²) in [6.45, 7) is 2.64. The standard InChI is InChI=1S/C13H17NO2/c1-10(12-8-9-16-13(12)15)14(2)11-6-4-3-5-7-11/h3-7,10,12H,8-9H2,1-2H3. The van der Waals surface area contributed by atoms with Gasteiger partial charge in [0, 0.05) is 18.8 Å². The maximum absolute atomic E-state index is 11.5. The van der Waals surface area contributed by atoms with Crippen molar-refractivity contribution >= 4 is 11.7 Å². The van der Waals surface area contributed by atoms with Crippen LogP contribution in [0.4, 0.5) is 5.69 Å². The molecule has 3 heteroatoms. The van der Waals surface area contributed by atoms with Crippen molar-refractivity contribution in [1.29, 1.82) is 0 Å². The first-order chi connectivity index (χ1) is 7.70. The van der Waals surface area contributed by atoms with E-state index in [2.05, 4.69) is 24.0 Å². The molecule has 0 amide bonds. The van der Waals surface area contributed by atoms with Gasteiger partial charge in [-0.3, -0.25) is 4.79 Å². The molecule has 1 fully saturated rings. The summed E-state index contributed by atoms with van der Waals surface area (Å²) in [5.74, 6) is -0.0551. The average molecular weight is 219 g/mol. The Morgan fingerprint density at radius 1 is 1.38 bits per heavy atom. The number of para-hydroxylation sites is 1. The predicted molar refractivity (Wildman–Crippen MR) is 63.4 cm³/mol. The van der Waals surface area contributed by atoms with Crippen LogP contribution in [0.1, 0.15) is 13.3 Å². The number of ether oxygens (including phenoxy) is 1. The van der Waals surface area contributed by atoms with Gasteiger partial charge in [-0.25, -0.2) is 0 Å². The summed E-state index contributed by atoms with van der Waals surface area (Å²) in [5.41, 5.74) is 1.13. The van der Waals surface area contributed by atoms with Crippen LogP contribution in [0, 0.1) is 5.92 Å². The first-order valence-corrected chi connectivity index (χ1v) is 5.64. The molecule has 86 valence electrons. The van der Waals surface area contributed by atoms with Crippen molar-refractivity contribution in [3.05, 3.63) is 30.3 Å². The Morgan fingerprint density at radius 2 is 2.06 bits per heavy atom. The molecule has 16 heavy (non-hydrogen) atoms. The molecule has 0 N–H and O–H groups in total. The second-order valence-corrected chi connectivity index (χ2v) is 4.25. The average Bonchev–Trinajstić information content (AvgIpc) is 2.75. The van der Waals surface area contributed by atoms with Crippen LogP contribution in [0.3, 0.4) is 0 Å². The van der Waals surface area contributed by atoms with Gasteiger partial charge in [-0.1, -0.05) is 18.2 Å². The number of benzene rings is 1. The van der Waals surface area contributed by atoms with Gasteiger partial charge in [-0.15, -0.1) is 0 Å². The zero-order valence-electron chi connectivity index (χ0n) is 9.72. The second kappa shape index (κ2) is 4.56. The van der Waals surface area contributed by atoms with E-state index < -0.39 is 0 Å². The lowest BCUT2D eigenvalue weighted by molar-refractivity contribution is -0.141. The Labute approximate surface area is 96.0 Å². The van der Waals surface area contributed by atoms with Crippen molar-refractivity contribution in [2.45, 2.75) is 19.4 Å². The minimum atomic E-state index is -0.0599. The number of carbonyl (C=O) groups is 1. The van der Waals surface area contributed by atoms with Crippen molar-refractivity contribution < 1.29 is 9.53 Å². The third kappa shape index (κ3) is 2.03. The number of esters is 1. The van der Waals surface area contributed by atoms with Crippen LogP contribution in [-0.4, -0.2) is 25.7 Å². The number of carbonyl (C=O) groups excluding carboxylic acids is 1. The van der Waals surface area contributed by atoms with Gasteiger partial charge in [0.2, 0.25) is 0 Å². The molecule has 2 rings (SSSR count). The largest absolute Gasteiger partial charge is 0.465 e. The summed E-state index contributed by atoms with van der Waals surface area (Å²) in [6, 6.07) is 10.3. The highest BCUT2D eigenvalue weighted by Gasteiger charge is 2.33. The molecule has 1 saturated heterocycles. The van der Waals surface area contributed by atoms with Crippen molar-refractivity contribution in [2.75, 3.05) is 18.6 Å². The minimum absolute atomic E-state index is 0.00482. The summed E-state index contributed by atoms with van der Waals surface area (Å²) in [6.07, 6.45) is 0.831. The van der Waals surface area contributed by atoms with Crippen molar-refractivity contribution in [3.8, 4) is 0 Å². The van der Waals surface area contributed by atoms with Crippen LogP contribution in [0.15, 0.2) is 30.3 Å². The molecule has 1 aromatic rings. The smallest absolute Gasteiger partial charge is 0.311 e. The fourth-order valence-corrected chi connectivity index (χ4v) is 2.12. The monoisotopic (exact) mass is 219 g/mol. The van der Waals surface area contributed by atoms with Crippen LogP contribution in [0.25, 0.3) is 0 Å². The van der Waals surface area contributed by atoms with E-state index in [9.17, 15) is 4.79 Å². The topological polar surface area (TPSA) is 29.5 Å². The van der Waals surface area contributed by atoms with Gasteiger partial charge >= 0.3 is 5.97 Å². The van der Waals surface area contributed by atoms with Crippen LogP contribution in [0.5, 0.6) is 0 Å². The van der Waals surface area contributed by atoms with Gasteiger partial charge in [-0.05, 0) is 25.5 Å². The number of nitrogens with zero attached hydrogens (tertiary/aromatic N) is 1. The first-order valence-electron chi connectivity index (χ1n) is 5.64. The zero-order valence-corrected chi connectivity index (χ0v) is 9.72. The summed E-state index contributed by atoms with van der Waals surface area (Å²) >= 11 is 0. The van der Waals surface area contributed by atoms with Gasteiger partial charge in [0.1, 0.15) is 0 Å². The highest BCUT2D eigenvalue weighted by molar-refractivity contribution is 5.75. The van der Waals surface area contributed by atoms with E-state index in [1.807, 2.05) is 25.2 Å². The lowest BCUT2D eigenvalue weighted by Gasteiger charge is -2.29. The van der Waals surface area contributed by atoms with E-state index in [0.717, 1.165) is 12.1 Å². The molecule has 2 atom stereocenters. The van der Waals surface area contributed by atoms with Crippen LogP contribution in [-0.2, 0) is 9.53 Å². The van der Waals surface area contributed by atoms with E-state index in [4.69, 9.17) is 4.74 Å². The molecule has 0 spiro atoms. The molecule has 0 bridgehead atoms. The Kier molecular flexibility index (Phi) is 3.13. The number of hydrogen-bond donors (Lipinski definition) is 0. The van der Waals surface area contributed by atoms with E-state index in [0.29, 0.717) is 6.61 Å². The molecule has 1 aliphatic heterocycles. The van der Waals surface area contributed by atoms with Gasteiger partial charge in [0.25, 0.3) is 0 Å². The quantitative estimate of drug-likeness (QED) is 0.729. The number of cyclic esters (lactones) is 1. The predicted octanol–water partition coefficient (Wildman–Crippen LogP) is 2.07. The molecule has 1 aliphatic rings. The highest BCUT2D eigenvalue weighted by Crippen LogP contribution is 2.25. The lowest BCUT2D eigenvalue weighted by Crippen LogP contribution is -2.37. The normalized spacial score (nSPS) is 21.6. The lowest BCUT2D eigenvalue weighted by atomic mass is 9.98. The first kappa shape index (κ1) is 11.0. The van der Waals surface area contributed by atoms with E-state index in [1.54, 1.807) is 0 Å². The Morgan fingerprint density at radius 3 is 2.62 bits per heavy atom. The van der Waals surface area contributed by atoms with Crippen molar-refractivity contribution in [3.63, 3.8) is 0 Å². The molecular weight excluding hydrogens is 202 g/mol. The van der Waals surface area contributed by atoms with Gasteiger partial charge in [0.15, 0.2) is 0 Å². The third-order valence-electron chi connectivity index (χ3n) is 3.33. The Bertz CT molecular complexity index is 363. The molecule has 0 saturated carbocycles. The van der Waals surface area contributed by atoms with Crippen LogP contribution in [0.2, 0.25) is 0 Å². The van der Waals surface area contributed by atoms with E-state index >= 15 is 0 Å². The highest BCUT2D eigenvalue weighted by atomic mass is 16.5. The van der Waals surface area contributed by atoms with E-state index in [1.165, 1.54) is 0 Å². The molecule has 0 aromatic heterocycles. The van der Waals surface area contributed by atoms with Crippen LogP contribution >= 0.6 is 0 Å². The minimum Gasteiger partial charge on any atom is -0.465 e. The fourth-order valence-electron chi connectivity index (χ4n) is 2.12. The number of hydrogen-bond acceptors (Lipinski definition) is 3. The molecule has 0 aliphatic carbocycles. The molecule has 1 aromatic carbocycles. The second-order valence-electron chi connectivity index (χ2n) is 4.25. The van der Waals surface area contributed by atoms with Gasteiger partial charge in [-0.2, -0.15) is 0 Å². The van der Waals surface area contributed by atoms with Crippen LogP contribution < -0.4 is 4.90 Å². The molecular formula is C13H17NO2. The SMILES string of the molecule is CC(C1CCOC1=O)N(C)c1ccccc1. The van der Waals surface area contributed by atoms with Crippen molar-refractivity contribution in [2.24, 2.45) is 5.92 Å². The summed E-state index contributed by atoms with van der Waals surface area (Å²) < 4.78 is 5.01. The molecule has 3 nitrogen and oxygen atoms in total. The maximum Gasteiger partial charge on any atom is 0.311 e. The summed E-state index contributed by atoms with van der Waals surface area (Å²) in [4.78, 5) is 13.6. The van der Waals surface area contributed by atoms with Crippen molar-refractivity contribution in [1.82, 2.24) is 0 Å². The van der Waals surface area contributed by atoms with Gasteiger partial charge in [0.05, 0.1) is 12.5 Å². The fraction of sp³-hybridized carbons (Fsp3) is 0.462. The van der Waals surface area contributed by atoms with Gasteiger partial charge < -0.3 is 9.64 Å². The van der Waals surface area contributed by atoms with E-state index in [-0.39, 0.29) is 17.9 Å². The third-order valence-corrected chi connectivity index (χ3v) is 3.33. The number of anilines is 1.